The van der Waals surface area contributed by atoms with E-state index in [9.17, 15) is 0 Å². The molecule has 0 aliphatic carbocycles. The molecule has 1 aromatic rings. The van der Waals surface area contributed by atoms with Crippen molar-refractivity contribution in [3.63, 3.8) is 0 Å². The van der Waals surface area contributed by atoms with Gasteiger partial charge in [0.25, 0.3) is 0 Å². The van der Waals surface area contributed by atoms with Crippen molar-refractivity contribution in [2.45, 2.75) is 0 Å². The van der Waals surface area contributed by atoms with Gasteiger partial charge in [-0.25, -0.2) is 0 Å². The molecule has 1 heterocycles. The highest BCUT2D eigenvalue weighted by atomic mass is 16.6. The maximum atomic E-state index is 5.50. The molecule has 0 saturated carbocycles. The Morgan fingerprint density at radius 1 is 1.23 bits per heavy atom. The van der Waals surface area contributed by atoms with Crippen LogP contribution in [0.2, 0.25) is 0 Å². The third-order valence-electron chi connectivity index (χ3n) is 1.89. The number of rotatable bonds is 1. The summed E-state index contributed by atoms with van der Waals surface area (Å²) in [4.78, 5) is 0. The molecule has 0 bridgehead atoms. The summed E-state index contributed by atoms with van der Waals surface area (Å²) in [6.07, 6.45) is 3.65. The normalized spacial score (nSPS) is 14.8. The van der Waals surface area contributed by atoms with Gasteiger partial charge in [0.05, 0.1) is 0 Å². The highest BCUT2D eigenvalue weighted by molar-refractivity contribution is 5.62. The van der Waals surface area contributed by atoms with Gasteiger partial charge in [-0.1, -0.05) is 24.3 Å². The molecule has 1 radical (unpaired) electrons. The molecule has 2 rings (SSSR count). The number of hydrogen-bond acceptors (Lipinski definition) is 2. The van der Waals surface area contributed by atoms with Crippen LogP contribution < -0.4 is 9.47 Å². The quantitative estimate of drug-likeness (QED) is 0.652. The van der Waals surface area contributed by atoms with Crippen molar-refractivity contribution in [2.24, 2.45) is 0 Å². The second-order valence-electron chi connectivity index (χ2n) is 2.77. The number of ether oxygens (including phenoxy) is 2. The number of para-hydroxylation sites is 1. The van der Waals surface area contributed by atoms with Crippen LogP contribution in [0.25, 0.3) is 6.08 Å². The first kappa shape index (κ1) is 8.17. The molecule has 13 heavy (non-hydrogen) atoms. The van der Waals surface area contributed by atoms with Gasteiger partial charge >= 0.3 is 0 Å². The first-order valence-electron chi connectivity index (χ1n) is 4.26. The number of allylic oxidation sites excluding steroid dienone is 1. The Balaban J connectivity index is 2.45. The topological polar surface area (TPSA) is 18.5 Å². The summed E-state index contributed by atoms with van der Waals surface area (Å²) in [5.74, 6) is 1.65. The predicted octanol–water partition coefficient (Wildman–Crippen LogP) is 2.31. The van der Waals surface area contributed by atoms with Gasteiger partial charge in [-0.15, -0.1) is 0 Å². The summed E-state index contributed by atoms with van der Waals surface area (Å²) in [5.41, 5.74) is 1.02. The van der Waals surface area contributed by atoms with Crippen LogP contribution in [-0.2, 0) is 0 Å². The second kappa shape index (κ2) is 3.52. The van der Waals surface area contributed by atoms with Crippen LogP contribution in [0.4, 0.5) is 0 Å². The van der Waals surface area contributed by atoms with Gasteiger partial charge in [0.15, 0.2) is 11.5 Å². The minimum Gasteiger partial charge on any atom is -0.486 e. The molecule has 0 spiro atoms. The van der Waals surface area contributed by atoms with E-state index in [2.05, 4.69) is 6.92 Å². The molecule has 1 aliphatic heterocycles. The number of hydrogen-bond donors (Lipinski definition) is 0. The molecule has 0 amide bonds. The zero-order valence-corrected chi connectivity index (χ0v) is 7.32. The fourth-order valence-electron chi connectivity index (χ4n) is 1.35. The lowest BCUT2D eigenvalue weighted by Crippen LogP contribution is -2.15. The third-order valence-corrected chi connectivity index (χ3v) is 1.89. The van der Waals surface area contributed by atoms with Crippen molar-refractivity contribution in [1.29, 1.82) is 0 Å². The molecule has 67 valence electrons. The molecule has 0 atom stereocenters. The van der Waals surface area contributed by atoms with Crippen LogP contribution in [0.1, 0.15) is 5.56 Å². The maximum Gasteiger partial charge on any atom is 0.168 e. The molecule has 0 N–H and O–H groups in total. The van der Waals surface area contributed by atoms with E-state index in [-0.39, 0.29) is 0 Å². The van der Waals surface area contributed by atoms with Gasteiger partial charge in [-0.3, -0.25) is 0 Å². The maximum absolute atomic E-state index is 5.50. The summed E-state index contributed by atoms with van der Waals surface area (Å²) in [6.45, 7) is 4.90. The highest BCUT2D eigenvalue weighted by Gasteiger charge is 2.13. The first-order valence-corrected chi connectivity index (χ1v) is 4.26. The van der Waals surface area contributed by atoms with Crippen molar-refractivity contribution in [3.8, 4) is 11.5 Å². The van der Waals surface area contributed by atoms with Gasteiger partial charge in [0.1, 0.15) is 13.2 Å². The zero-order valence-electron chi connectivity index (χ0n) is 7.32. The Bertz CT molecular complexity index is 329. The molecule has 2 heteroatoms. The summed E-state index contributed by atoms with van der Waals surface area (Å²) < 4.78 is 10.9. The van der Waals surface area contributed by atoms with Crippen molar-refractivity contribution in [2.75, 3.05) is 13.2 Å². The molecular formula is C11H11O2. The van der Waals surface area contributed by atoms with Crippen molar-refractivity contribution < 1.29 is 9.47 Å². The van der Waals surface area contributed by atoms with E-state index in [0.717, 1.165) is 17.1 Å². The Hall–Kier alpha value is -1.44. The smallest absolute Gasteiger partial charge is 0.168 e. The minimum atomic E-state index is 0.620. The Labute approximate surface area is 77.8 Å². The predicted molar refractivity (Wildman–Crippen MR) is 51.8 cm³/mol. The van der Waals surface area contributed by atoms with Crippen molar-refractivity contribution in [1.82, 2.24) is 0 Å². The summed E-state index contributed by atoms with van der Waals surface area (Å²) in [6, 6.07) is 5.84. The van der Waals surface area contributed by atoms with E-state index in [1.165, 1.54) is 0 Å². The molecule has 1 aromatic carbocycles. The number of fused-ring (bicyclic) bond motifs is 1. The average Bonchev–Trinajstić information content (AvgIpc) is 2.19. The molecule has 0 unspecified atom stereocenters. The molecule has 2 nitrogen and oxygen atoms in total. The second-order valence-corrected chi connectivity index (χ2v) is 2.77. The molecule has 0 fully saturated rings. The van der Waals surface area contributed by atoms with Gasteiger partial charge in [0, 0.05) is 5.56 Å². The zero-order chi connectivity index (χ0) is 9.10. The van der Waals surface area contributed by atoms with Crippen LogP contribution in [-0.4, -0.2) is 13.2 Å². The average molecular weight is 175 g/mol. The lowest BCUT2D eigenvalue weighted by molar-refractivity contribution is 0.171. The van der Waals surface area contributed by atoms with E-state index in [1.54, 1.807) is 6.08 Å². The first-order chi connectivity index (χ1) is 6.42. The molecule has 0 aromatic heterocycles. The Kier molecular flexibility index (Phi) is 2.21. The van der Waals surface area contributed by atoms with Gasteiger partial charge < -0.3 is 9.47 Å². The lowest BCUT2D eigenvalue weighted by Gasteiger charge is -2.19. The summed E-state index contributed by atoms with van der Waals surface area (Å²) in [7, 11) is 0. The van der Waals surface area contributed by atoms with E-state index < -0.39 is 0 Å². The fraction of sp³-hybridized carbons (Fsp3) is 0.182. The van der Waals surface area contributed by atoms with E-state index >= 15 is 0 Å². The minimum absolute atomic E-state index is 0.620. The van der Waals surface area contributed by atoms with Crippen LogP contribution in [0.5, 0.6) is 11.5 Å². The highest BCUT2D eigenvalue weighted by Crippen LogP contribution is 2.34. The van der Waals surface area contributed by atoms with Crippen LogP contribution in [0.15, 0.2) is 24.3 Å². The monoisotopic (exact) mass is 175 g/mol. The lowest BCUT2D eigenvalue weighted by atomic mass is 10.1. The largest absolute Gasteiger partial charge is 0.486 e. The number of benzene rings is 1. The standard InChI is InChI=1S/C11H11O2/c1-2-4-9-5-3-6-10-11(9)13-8-7-12-10/h2-6H,1,7-8H2/b4-2+. The van der Waals surface area contributed by atoms with Crippen molar-refractivity contribution in [3.05, 3.63) is 36.8 Å². The van der Waals surface area contributed by atoms with Crippen LogP contribution in [0.3, 0.4) is 0 Å². The van der Waals surface area contributed by atoms with Crippen LogP contribution >= 0.6 is 0 Å². The van der Waals surface area contributed by atoms with Gasteiger partial charge in [0.2, 0.25) is 0 Å². The fourth-order valence-corrected chi connectivity index (χ4v) is 1.35. The third kappa shape index (κ3) is 1.52. The molecule has 0 saturated heterocycles. The van der Waals surface area contributed by atoms with Crippen molar-refractivity contribution >= 4 is 6.08 Å². The molecule has 1 aliphatic rings. The van der Waals surface area contributed by atoms with E-state index in [0.29, 0.717) is 13.2 Å². The molecular weight excluding hydrogens is 164 g/mol. The van der Waals surface area contributed by atoms with Crippen LogP contribution in [0, 0.1) is 6.92 Å². The summed E-state index contributed by atoms with van der Waals surface area (Å²) in [5, 5.41) is 0. The van der Waals surface area contributed by atoms with Gasteiger partial charge in [-0.05, 0) is 13.0 Å². The van der Waals surface area contributed by atoms with E-state index in [1.807, 2.05) is 24.3 Å². The SMILES string of the molecule is [CH2]/C=C/c1cccc2c1OCCO2. The van der Waals surface area contributed by atoms with Gasteiger partial charge in [-0.2, -0.15) is 0 Å². The Morgan fingerprint density at radius 2 is 2.08 bits per heavy atom. The summed E-state index contributed by atoms with van der Waals surface area (Å²) >= 11 is 0. The van der Waals surface area contributed by atoms with E-state index in [4.69, 9.17) is 9.47 Å². The Morgan fingerprint density at radius 3 is 2.92 bits per heavy atom.